The zero-order valence-electron chi connectivity index (χ0n) is 10.6. The topological polar surface area (TPSA) is 44.5 Å². The highest BCUT2D eigenvalue weighted by molar-refractivity contribution is 6.33. The number of nitrogens with two attached hydrogens (primary N) is 1. The van der Waals surface area contributed by atoms with Crippen molar-refractivity contribution in [1.29, 1.82) is 0 Å². The average molecular weight is 300 g/mol. The highest BCUT2D eigenvalue weighted by Gasteiger charge is 2.15. The second-order valence-electron chi connectivity index (χ2n) is 4.01. The molecule has 0 saturated heterocycles. The predicted molar refractivity (Wildman–Crippen MR) is 73.1 cm³/mol. The summed E-state index contributed by atoms with van der Waals surface area (Å²) in [7, 11) is 1.37. The molecule has 106 valence electrons. The Balaban J connectivity index is 2.22. The van der Waals surface area contributed by atoms with Gasteiger partial charge in [0, 0.05) is 6.07 Å². The monoisotopic (exact) mass is 299 g/mol. The van der Waals surface area contributed by atoms with E-state index in [2.05, 4.69) is 0 Å². The Kier molecular flexibility index (Phi) is 4.29. The van der Waals surface area contributed by atoms with Crippen molar-refractivity contribution in [2.75, 3.05) is 12.8 Å². The minimum absolute atomic E-state index is 0.000946. The van der Waals surface area contributed by atoms with Gasteiger partial charge in [-0.1, -0.05) is 11.6 Å². The molecule has 0 amide bonds. The Morgan fingerprint density at radius 2 is 1.95 bits per heavy atom. The van der Waals surface area contributed by atoms with Gasteiger partial charge in [0.05, 0.1) is 23.4 Å². The molecule has 0 spiro atoms. The first-order chi connectivity index (χ1) is 9.52. The quantitative estimate of drug-likeness (QED) is 0.874. The van der Waals surface area contributed by atoms with Crippen LogP contribution in [-0.4, -0.2) is 7.11 Å². The zero-order chi connectivity index (χ0) is 14.7. The summed E-state index contributed by atoms with van der Waals surface area (Å²) >= 11 is 5.78. The zero-order valence-corrected chi connectivity index (χ0v) is 11.4. The van der Waals surface area contributed by atoms with Gasteiger partial charge >= 0.3 is 0 Å². The van der Waals surface area contributed by atoms with Gasteiger partial charge in [0.1, 0.15) is 18.1 Å². The minimum atomic E-state index is -0.994. The van der Waals surface area contributed by atoms with Crippen LogP contribution in [0.25, 0.3) is 0 Å². The highest BCUT2D eigenvalue weighted by Crippen LogP contribution is 2.27. The van der Waals surface area contributed by atoms with Crippen LogP contribution in [0, 0.1) is 11.6 Å². The molecular formula is C14H12ClF2NO2. The molecule has 2 N–H and O–H groups in total. The Bertz CT molecular complexity index is 635. The van der Waals surface area contributed by atoms with Gasteiger partial charge in [-0.2, -0.15) is 0 Å². The number of hydrogen-bond acceptors (Lipinski definition) is 3. The Labute approximate surface area is 119 Å². The number of hydrogen-bond donors (Lipinski definition) is 1. The summed E-state index contributed by atoms with van der Waals surface area (Å²) in [6.07, 6.45) is 0. The van der Waals surface area contributed by atoms with E-state index in [9.17, 15) is 8.78 Å². The molecule has 0 aliphatic heterocycles. The molecule has 2 aromatic carbocycles. The summed E-state index contributed by atoms with van der Waals surface area (Å²) in [5.74, 6) is -1.34. The summed E-state index contributed by atoms with van der Waals surface area (Å²) < 4.78 is 37.3. The standard InChI is InChI=1S/C14H12ClF2NO2/c1-19-13-5-4-11(16)14(17)9(13)7-20-8-2-3-10(15)12(18)6-8/h2-6H,7,18H2,1H3. The molecule has 0 aromatic heterocycles. The van der Waals surface area contributed by atoms with Crippen LogP contribution in [0.3, 0.4) is 0 Å². The number of methoxy groups -OCH3 is 1. The third-order valence-corrected chi connectivity index (χ3v) is 3.07. The maximum absolute atomic E-state index is 13.7. The molecule has 0 aliphatic carbocycles. The number of ether oxygens (including phenoxy) is 2. The Morgan fingerprint density at radius 1 is 1.20 bits per heavy atom. The number of halogens is 3. The summed E-state index contributed by atoms with van der Waals surface area (Å²) in [5, 5.41) is 0.395. The maximum atomic E-state index is 13.7. The van der Waals surface area contributed by atoms with E-state index < -0.39 is 11.6 Å². The molecule has 0 heterocycles. The molecule has 3 nitrogen and oxygen atoms in total. The van der Waals surface area contributed by atoms with Crippen LogP contribution in [-0.2, 0) is 6.61 Å². The Morgan fingerprint density at radius 3 is 2.60 bits per heavy atom. The van der Waals surface area contributed by atoms with Gasteiger partial charge in [-0.25, -0.2) is 8.78 Å². The van der Waals surface area contributed by atoms with E-state index in [1.54, 1.807) is 12.1 Å². The summed E-state index contributed by atoms with van der Waals surface area (Å²) in [6.45, 7) is -0.187. The van der Waals surface area contributed by atoms with Gasteiger partial charge in [-0.05, 0) is 24.3 Å². The highest BCUT2D eigenvalue weighted by atomic mass is 35.5. The normalized spacial score (nSPS) is 10.4. The third kappa shape index (κ3) is 2.93. The van der Waals surface area contributed by atoms with Crippen molar-refractivity contribution in [1.82, 2.24) is 0 Å². The second-order valence-corrected chi connectivity index (χ2v) is 4.42. The van der Waals surface area contributed by atoms with Gasteiger partial charge < -0.3 is 15.2 Å². The van der Waals surface area contributed by atoms with Gasteiger partial charge in [-0.15, -0.1) is 0 Å². The molecule has 20 heavy (non-hydrogen) atoms. The van der Waals surface area contributed by atoms with Crippen LogP contribution in [0.2, 0.25) is 5.02 Å². The number of benzene rings is 2. The molecule has 0 radical (unpaired) electrons. The molecule has 2 aromatic rings. The minimum Gasteiger partial charge on any atom is -0.496 e. The van der Waals surface area contributed by atoms with Crippen LogP contribution < -0.4 is 15.2 Å². The number of anilines is 1. The van der Waals surface area contributed by atoms with Crippen molar-refractivity contribution in [2.45, 2.75) is 6.61 Å². The lowest BCUT2D eigenvalue weighted by Gasteiger charge is -2.12. The van der Waals surface area contributed by atoms with Crippen LogP contribution in [0.4, 0.5) is 14.5 Å². The third-order valence-electron chi connectivity index (χ3n) is 2.72. The lowest BCUT2D eigenvalue weighted by molar-refractivity contribution is 0.286. The summed E-state index contributed by atoms with van der Waals surface area (Å²) in [5.41, 5.74) is 5.97. The van der Waals surface area contributed by atoms with E-state index in [0.29, 0.717) is 16.5 Å². The summed E-state index contributed by atoms with van der Waals surface area (Å²) in [4.78, 5) is 0. The first kappa shape index (κ1) is 14.4. The second kappa shape index (κ2) is 5.96. The largest absolute Gasteiger partial charge is 0.496 e. The first-order valence-electron chi connectivity index (χ1n) is 5.71. The van der Waals surface area contributed by atoms with Crippen LogP contribution in [0.15, 0.2) is 30.3 Å². The van der Waals surface area contributed by atoms with Crippen molar-refractivity contribution >= 4 is 17.3 Å². The van der Waals surface area contributed by atoms with Crippen molar-refractivity contribution < 1.29 is 18.3 Å². The fraction of sp³-hybridized carbons (Fsp3) is 0.143. The molecule has 0 atom stereocenters. The van der Waals surface area contributed by atoms with Crippen molar-refractivity contribution in [2.24, 2.45) is 0 Å². The average Bonchev–Trinajstić information content (AvgIpc) is 2.44. The summed E-state index contributed by atoms with van der Waals surface area (Å²) in [6, 6.07) is 6.99. The molecule has 0 fully saturated rings. The van der Waals surface area contributed by atoms with Gasteiger partial charge in [0.25, 0.3) is 0 Å². The van der Waals surface area contributed by atoms with Crippen LogP contribution in [0.1, 0.15) is 5.56 Å². The van der Waals surface area contributed by atoms with E-state index >= 15 is 0 Å². The fourth-order valence-electron chi connectivity index (χ4n) is 1.67. The van der Waals surface area contributed by atoms with E-state index in [0.717, 1.165) is 6.07 Å². The molecule has 2 rings (SSSR count). The molecule has 0 aliphatic rings. The molecule has 6 heteroatoms. The van der Waals surface area contributed by atoms with Gasteiger partial charge in [0.15, 0.2) is 11.6 Å². The number of nitrogen functional groups attached to an aromatic ring is 1. The van der Waals surface area contributed by atoms with Gasteiger partial charge in [0.2, 0.25) is 0 Å². The van der Waals surface area contributed by atoms with Crippen molar-refractivity contribution in [3.8, 4) is 11.5 Å². The lowest BCUT2D eigenvalue weighted by atomic mass is 10.2. The van der Waals surface area contributed by atoms with E-state index in [1.165, 1.54) is 19.2 Å². The molecule has 0 saturated carbocycles. The lowest BCUT2D eigenvalue weighted by Crippen LogP contribution is -2.04. The SMILES string of the molecule is COc1ccc(F)c(F)c1COc1ccc(Cl)c(N)c1. The number of rotatable bonds is 4. The van der Waals surface area contributed by atoms with E-state index in [4.69, 9.17) is 26.8 Å². The first-order valence-corrected chi connectivity index (χ1v) is 6.09. The van der Waals surface area contributed by atoms with Crippen LogP contribution >= 0.6 is 11.6 Å². The fourth-order valence-corrected chi connectivity index (χ4v) is 1.79. The Hall–Kier alpha value is -2.01. The smallest absolute Gasteiger partial charge is 0.169 e. The van der Waals surface area contributed by atoms with Crippen molar-refractivity contribution in [3.63, 3.8) is 0 Å². The van der Waals surface area contributed by atoms with Crippen molar-refractivity contribution in [3.05, 3.63) is 52.6 Å². The molecule has 0 unspecified atom stereocenters. The molecular weight excluding hydrogens is 288 g/mol. The maximum Gasteiger partial charge on any atom is 0.169 e. The molecule has 0 bridgehead atoms. The van der Waals surface area contributed by atoms with Gasteiger partial charge in [-0.3, -0.25) is 0 Å². The van der Waals surface area contributed by atoms with E-state index in [1.807, 2.05) is 0 Å². The predicted octanol–water partition coefficient (Wildman–Crippen LogP) is 3.79. The van der Waals surface area contributed by atoms with E-state index in [-0.39, 0.29) is 17.9 Å². The van der Waals surface area contributed by atoms with Crippen LogP contribution in [0.5, 0.6) is 11.5 Å².